The Labute approximate surface area is 111 Å². The fraction of sp³-hybridized carbons (Fsp3) is 0.286. The van der Waals surface area contributed by atoms with E-state index in [0.717, 1.165) is 18.7 Å². The topological polar surface area (TPSA) is 53.6 Å². The molecule has 0 amide bonds. The molecule has 0 unspecified atom stereocenters. The molecule has 0 fully saturated rings. The normalized spacial score (nSPS) is 10.2. The van der Waals surface area contributed by atoms with E-state index in [1.165, 1.54) is 6.07 Å². The Morgan fingerprint density at radius 1 is 1.47 bits per heavy atom. The van der Waals surface area contributed by atoms with Crippen molar-refractivity contribution in [1.82, 2.24) is 9.55 Å². The van der Waals surface area contributed by atoms with Gasteiger partial charge in [0, 0.05) is 12.7 Å². The Bertz CT molecular complexity index is 598. The molecule has 98 valence electrons. The zero-order chi connectivity index (χ0) is 13.7. The van der Waals surface area contributed by atoms with E-state index in [0.29, 0.717) is 12.2 Å². The number of nitriles is 1. The van der Waals surface area contributed by atoms with E-state index in [4.69, 9.17) is 5.26 Å². The highest BCUT2D eigenvalue weighted by molar-refractivity contribution is 5.57. The van der Waals surface area contributed by atoms with Crippen LogP contribution in [0.4, 0.5) is 10.1 Å². The van der Waals surface area contributed by atoms with Crippen LogP contribution in [-0.2, 0) is 13.1 Å². The molecule has 19 heavy (non-hydrogen) atoms. The molecule has 0 spiro atoms. The number of aryl methyl sites for hydroxylation is 1. The number of nitrogens with zero attached hydrogens (tertiary/aromatic N) is 3. The molecule has 0 atom stereocenters. The molecule has 0 aliphatic heterocycles. The Hall–Kier alpha value is -2.35. The van der Waals surface area contributed by atoms with Crippen LogP contribution in [0.5, 0.6) is 0 Å². The van der Waals surface area contributed by atoms with E-state index in [1.54, 1.807) is 24.7 Å². The van der Waals surface area contributed by atoms with Crippen molar-refractivity contribution in [2.24, 2.45) is 0 Å². The van der Waals surface area contributed by atoms with Crippen molar-refractivity contribution < 1.29 is 4.39 Å². The van der Waals surface area contributed by atoms with Crippen molar-refractivity contribution in [1.29, 1.82) is 5.26 Å². The van der Waals surface area contributed by atoms with Gasteiger partial charge in [-0.2, -0.15) is 5.26 Å². The maximum absolute atomic E-state index is 13.4. The average Bonchev–Trinajstić information content (AvgIpc) is 2.84. The molecular formula is C14H15FN4. The number of aromatic nitrogens is 2. The number of hydrogen-bond donors (Lipinski definition) is 1. The van der Waals surface area contributed by atoms with Gasteiger partial charge in [0.05, 0.1) is 24.3 Å². The van der Waals surface area contributed by atoms with Crippen LogP contribution >= 0.6 is 0 Å². The molecule has 1 aromatic heterocycles. The molecule has 5 heteroatoms. The molecule has 1 N–H and O–H groups in total. The van der Waals surface area contributed by atoms with Gasteiger partial charge in [-0.15, -0.1) is 0 Å². The molecule has 0 aliphatic rings. The smallest absolute Gasteiger partial charge is 0.143 e. The first-order valence-electron chi connectivity index (χ1n) is 6.17. The number of anilines is 1. The van der Waals surface area contributed by atoms with Crippen LogP contribution in [-0.4, -0.2) is 9.55 Å². The zero-order valence-corrected chi connectivity index (χ0v) is 10.7. The Kier molecular flexibility index (Phi) is 4.14. The Morgan fingerprint density at radius 3 is 3.05 bits per heavy atom. The number of imidazole rings is 1. The van der Waals surface area contributed by atoms with E-state index in [2.05, 4.69) is 17.2 Å². The van der Waals surface area contributed by atoms with Crippen molar-refractivity contribution in [2.75, 3.05) is 5.32 Å². The fourth-order valence-corrected chi connectivity index (χ4v) is 1.91. The standard InChI is InChI=1S/C14H15FN4/c1-2-6-19-10-17-8-11(19)9-18-14-5-3-4-13(15)12(14)7-16/h3-5,8,10,18H,2,6,9H2,1H3. The van der Waals surface area contributed by atoms with Crippen molar-refractivity contribution in [3.63, 3.8) is 0 Å². The lowest BCUT2D eigenvalue weighted by molar-refractivity contribution is 0.624. The number of nitrogens with one attached hydrogen (secondary N) is 1. The van der Waals surface area contributed by atoms with E-state index in [-0.39, 0.29) is 5.56 Å². The highest BCUT2D eigenvalue weighted by atomic mass is 19.1. The Balaban J connectivity index is 2.13. The van der Waals surface area contributed by atoms with Gasteiger partial charge in [0.2, 0.25) is 0 Å². The van der Waals surface area contributed by atoms with E-state index >= 15 is 0 Å². The second kappa shape index (κ2) is 6.01. The van der Waals surface area contributed by atoms with Gasteiger partial charge < -0.3 is 9.88 Å². The van der Waals surface area contributed by atoms with Crippen LogP contribution in [0.2, 0.25) is 0 Å². The first-order valence-corrected chi connectivity index (χ1v) is 6.17. The maximum atomic E-state index is 13.4. The fourth-order valence-electron chi connectivity index (χ4n) is 1.91. The van der Waals surface area contributed by atoms with Crippen LogP contribution in [0.15, 0.2) is 30.7 Å². The zero-order valence-electron chi connectivity index (χ0n) is 10.7. The average molecular weight is 258 g/mol. The summed E-state index contributed by atoms with van der Waals surface area (Å²) in [7, 11) is 0. The third-order valence-electron chi connectivity index (χ3n) is 2.85. The van der Waals surface area contributed by atoms with Crippen molar-refractivity contribution in [3.8, 4) is 6.07 Å². The molecule has 4 nitrogen and oxygen atoms in total. The van der Waals surface area contributed by atoms with Crippen LogP contribution in [0.1, 0.15) is 24.6 Å². The molecule has 0 saturated carbocycles. The quantitative estimate of drug-likeness (QED) is 0.897. The maximum Gasteiger partial charge on any atom is 0.143 e. The lowest BCUT2D eigenvalue weighted by atomic mass is 10.2. The van der Waals surface area contributed by atoms with Gasteiger partial charge in [-0.1, -0.05) is 13.0 Å². The Morgan fingerprint density at radius 2 is 2.32 bits per heavy atom. The van der Waals surface area contributed by atoms with Gasteiger partial charge in [0.15, 0.2) is 0 Å². The van der Waals surface area contributed by atoms with Crippen LogP contribution in [0.3, 0.4) is 0 Å². The van der Waals surface area contributed by atoms with E-state index < -0.39 is 5.82 Å². The van der Waals surface area contributed by atoms with Gasteiger partial charge >= 0.3 is 0 Å². The number of hydrogen-bond acceptors (Lipinski definition) is 3. The second-order valence-electron chi connectivity index (χ2n) is 4.21. The minimum absolute atomic E-state index is 0.0454. The van der Waals surface area contributed by atoms with Crippen LogP contribution < -0.4 is 5.32 Å². The molecule has 0 aliphatic carbocycles. The summed E-state index contributed by atoms with van der Waals surface area (Å²) >= 11 is 0. The van der Waals surface area contributed by atoms with Crippen molar-refractivity contribution >= 4 is 5.69 Å². The highest BCUT2D eigenvalue weighted by Gasteiger charge is 2.08. The van der Waals surface area contributed by atoms with Gasteiger partial charge in [0.25, 0.3) is 0 Å². The minimum Gasteiger partial charge on any atom is -0.378 e. The third kappa shape index (κ3) is 2.91. The minimum atomic E-state index is -0.505. The van der Waals surface area contributed by atoms with Gasteiger partial charge in [-0.25, -0.2) is 9.37 Å². The first-order chi connectivity index (χ1) is 9.26. The largest absolute Gasteiger partial charge is 0.378 e. The molecule has 1 aromatic carbocycles. The van der Waals surface area contributed by atoms with Gasteiger partial charge in [0.1, 0.15) is 17.4 Å². The van der Waals surface area contributed by atoms with E-state index in [9.17, 15) is 4.39 Å². The summed E-state index contributed by atoms with van der Waals surface area (Å²) in [5.41, 5.74) is 1.56. The van der Waals surface area contributed by atoms with Gasteiger partial charge in [-0.3, -0.25) is 0 Å². The lowest BCUT2D eigenvalue weighted by Crippen LogP contribution is -2.08. The summed E-state index contributed by atoms with van der Waals surface area (Å²) in [5.74, 6) is -0.505. The second-order valence-corrected chi connectivity index (χ2v) is 4.21. The molecule has 0 radical (unpaired) electrons. The molecule has 2 rings (SSSR count). The van der Waals surface area contributed by atoms with Gasteiger partial charge in [-0.05, 0) is 18.6 Å². The summed E-state index contributed by atoms with van der Waals surface area (Å²) in [4.78, 5) is 4.10. The first kappa shape index (κ1) is 13.1. The summed E-state index contributed by atoms with van der Waals surface area (Å²) in [6.07, 6.45) is 4.57. The molecule has 1 heterocycles. The lowest BCUT2D eigenvalue weighted by Gasteiger charge is -2.10. The predicted octanol–water partition coefficient (Wildman–Crippen LogP) is 2.92. The van der Waals surface area contributed by atoms with Crippen molar-refractivity contribution in [2.45, 2.75) is 26.4 Å². The highest BCUT2D eigenvalue weighted by Crippen LogP contribution is 2.18. The van der Waals surface area contributed by atoms with E-state index in [1.807, 2.05) is 10.6 Å². The molecule has 2 aromatic rings. The number of rotatable bonds is 5. The monoisotopic (exact) mass is 258 g/mol. The van der Waals surface area contributed by atoms with Crippen molar-refractivity contribution in [3.05, 3.63) is 47.8 Å². The number of benzene rings is 1. The van der Waals surface area contributed by atoms with Crippen LogP contribution in [0.25, 0.3) is 0 Å². The summed E-state index contributed by atoms with van der Waals surface area (Å²) in [5, 5.41) is 12.0. The van der Waals surface area contributed by atoms with Crippen LogP contribution in [0, 0.1) is 17.1 Å². The SMILES string of the molecule is CCCn1cncc1CNc1cccc(F)c1C#N. The summed E-state index contributed by atoms with van der Waals surface area (Å²) in [6.45, 7) is 3.50. The summed E-state index contributed by atoms with van der Waals surface area (Å²) < 4.78 is 15.5. The number of halogens is 1. The molecule has 0 bridgehead atoms. The molecular weight excluding hydrogens is 243 g/mol. The predicted molar refractivity (Wildman–Crippen MR) is 71.0 cm³/mol. The summed E-state index contributed by atoms with van der Waals surface area (Å²) in [6, 6.07) is 6.44. The molecule has 0 saturated heterocycles. The third-order valence-corrected chi connectivity index (χ3v) is 2.85.